The molecule has 11 rings (SSSR count). The highest BCUT2D eigenvalue weighted by Gasteiger charge is 2.36. The van der Waals surface area contributed by atoms with E-state index < -0.39 is 0 Å². The van der Waals surface area contributed by atoms with Crippen molar-refractivity contribution in [1.29, 1.82) is 0 Å². The van der Waals surface area contributed by atoms with Crippen molar-refractivity contribution in [2.24, 2.45) is 0 Å². The van der Waals surface area contributed by atoms with E-state index in [9.17, 15) is 0 Å². The van der Waals surface area contributed by atoms with Crippen LogP contribution in [0.25, 0.3) is 28.3 Å². The molecule has 2 heteroatoms. The van der Waals surface area contributed by atoms with Crippen LogP contribution in [-0.4, -0.2) is 6.54 Å². The molecule has 0 atom stereocenters. The molecule has 0 saturated carbocycles. The lowest BCUT2D eigenvalue weighted by Crippen LogP contribution is -2.25. The Bertz CT molecular complexity index is 2830. The van der Waals surface area contributed by atoms with Gasteiger partial charge < -0.3 is 9.80 Å². The third-order valence-corrected chi connectivity index (χ3v) is 13.1. The monoisotopic (exact) mass is 746 g/mol. The van der Waals surface area contributed by atoms with Crippen LogP contribution in [-0.2, 0) is 18.3 Å². The Kier molecular flexibility index (Phi) is 8.05. The minimum atomic E-state index is -0.0965. The maximum atomic E-state index is 4.48. The van der Waals surface area contributed by atoms with Gasteiger partial charge in [-0.1, -0.05) is 148 Å². The number of nitrogens with zero attached hydrogens (tertiary/aromatic N) is 2. The van der Waals surface area contributed by atoms with Crippen LogP contribution in [0, 0.1) is 0 Å². The summed E-state index contributed by atoms with van der Waals surface area (Å²) in [7, 11) is 0. The van der Waals surface area contributed by atoms with Crippen molar-refractivity contribution in [3.8, 4) is 11.1 Å². The zero-order valence-corrected chi connectivity index (χ0v) is 33.3. The minimum absolute atomic E-state index is 0.0965. The standard InChI is InChI=1S/C56H46N2/c1-37(22-24-38-25-29-48-49-31-26-42(36-52(49)56(2,3)51(48)33-38)57-32-12-16-39-13-4-9-19-53(39)57)23-28-46-44-17-7-8-18-45(44)50-35-43(27-30-47(46)50)58-54-20-10-5-14-40(54)34-41-15-6-11-21-55(41)58/h4-11,13-15,18-31,33,35-36H,1,12,16-17,32,34H2,2-3H3/b24-22+,28-23-. The molecule has 2 heterocycles. The third kappa shape index (κ3) is 5.54. The lowest BCUT2D eigenvalue weighted by atomic mass is 9.81. The molecule has 0 spiro atoms. The molecule has 6 aromatic carbocycles. The van der Waals surface area contributed by atoms with Crippen LogP contribution in [0.5, 0.6) is 0 Å². The predicted molar refractivity (Wildman–Crippen MR) is 246 cm³/mol. The summed E-state index contributed by atoms with van der Waals surface area (Å²) in [5, 5.41) is 0. The number of benzene rings is 6. The highest BCUT2D eigenvalue weighted by molar-refractivity contribution is 6.05. The lowest BCUT2D eigenvalue weighted by Gasteiger charge is -2.33. The molecule has 0 unspecified atom stereocenters. The second-order valence-electron chi connectivity index (χ2n) is 16.9. The van der Waals surface area contributed by atoms with Crippen LogP contribution in [0.2, 0.25) is 0 Å². The highest BCUT2D eigenvalue weighted by Crippen LogP contribution is 2.52. The van der Waals surface area contributed by atoms with Crippen LogP contribution in [0.4, 0.5) is 28.4 Å². The number of hydrogen-bond donors (Lipinski definition) is 0. The second-order valence-corrected chi connectivity index (χ2v) is 16.9. The van der Waals surface area contributed by atoms with Crippen LogP contribution < -0.4 is 9.80 Å². The third-order valence-electron chi connectivity index (χ3n) is 13.1. The zero-order chi connectivity index (χ0) is 39.0. The van der Waals surface area contributed by atoms with E-state index in [0.717, 1.165) is 31.4 Å². The first-order valence-corrected chi connectivity index (χ1v) is 20.8. The SMILES string of the molecule is C=C(/C=C\C1=C2CC=CC=C2c2cc(N3c4ccccc4Cc4ccccc43)ccc21)/C=C/c1ccc2c(c1)C(C)(C)c1cc(N3CCCc4ccccc43)ccc1-2. The predicted octanol–water partition coefficient (Wildman–Crippen LogP) is 14.4. The number of rotatable bonds is 6. The summed E-state index contributed by atoms with van der Waals surface area (Å²) in [5.74, 6) is 0. The first-order valence-electron chi connectivity index (χ1n) is 20.8. The van der Waals surface area contributed by atoms with Crippen molar-refractivity contribution >= 4 is 45.7 Å². The maximum Gasteiger partial charge on any atom is 0.0497 e. The molecule has 0 aromatic heterocycles. The van der Waals surface area contributed by atoms with Gasteiger partial charge in [0.25, 0.3) is 0 Å². The quantitative estimate of drug-likeness (QED) is 0.156. The molecule has 0 bridgehead atoms. The number of aryl methyl sites for hydroxylation is 1. The molecule has 5 aliphatic rings. The summed E-state index contributed by atoms with van der Waals surface area (Å²) < 4.78 is 0. The molecule has 0 saturated heterocycles. The molecular weight excluding hydrogens is 701 g/mol. The fourth-order valence-corrected chi connectivity index (χ4v) is 10.2. The van der Waals surface area contributed by atoms with Gasteiger partial charge in [0, 0.05) is 46.8 Å². The van der Waals surface area contributed by atoms with Crippen molar-refractivity contribution in [2.45, 2.75) is 44.9 Å². The van der Waals surface area contributed by atoms with Gasteiger partial charge in [0.2, 0.25) is 0 Å². The smallest absolute Gasteiger partial charge is 0.0497 e. The van der Waals surface area contributed by atoms with Gasteiger partial charge in [0.15, 0.2) is 0 Å². The molecular formula is C56H46N2. The number of allylic oxidation sites excluding steroid dienone is 10. The van der Waals surface area contributed by atoms with Gasteiger partial charge in [-0.2, -0.15) is 0 Å². The maximum absolute atomic E-state index is 4.48. The summed E-state index contributed by atoms with van der Waals surface area (Å²) in [5.41, 5.74) is 24.7. The molecule has 58 heavy (non-hydrogen) atoms. The lowest BCUT2D eigenvalue weighted by molar-refractivity contribution is 0.659. The van der Waals surface area contributed by atoms with Gasteiger partial charge in [-0.05, 0) is 140 Å². The van der Waals surface area contributed by atoms with Gasteiger partial charge in [0.05, 0.1) is 0 Å². The Morgan fingerprint density at radius 2 is 1.29 bits per heavy atom. The summed E-state index contributed by atoms with van der Waals surface area (Å²) in [6.07, 6.45) is 19.8. The normalized spacial score (nSPS) is 16.8. The van der Waals surface area contributed by atoms with Gasteiger partial charge in [-0.15, -0.1) is 0 Å². The van der Waals surface area contributed by atoms with E-state index >= 15 is 0 Å². The second kappa shape index (κ2) is 13.5. The van der Waals surface area contributed by atoms with Crippen molar-refractivity contribution in [3.05, 3.63) is 226 Å². The molecule has 0 N–H and O–H groups in total. The highest BCUT2D eigenvalue weighted by atomic mass is 15.2. The van der Waals surface area contributed by atoms with E-state index in [1.165, 1.54) is 107 Å². The summed E-state index contributed by atoms with van der Waals surface area (Å²) in [6.45, 7) is 10.3. The molecule has 2 nitrogen and oxygen atoms in total. The summed E-state index contributed by atoms with van der Waals surface area (Å²) in [6, 6.07) is 47.7. The van der Waals surface area contributed by atoms with Crippen molar-refractivity contribution < 1.29 is 0 Å². The minimum Gasteiger partial charge on any atom is -0.341 e. The molecule has 2 aliphatic heterocycles. The molecule has 0 radical (unpaired) electrons. The first kappa shape index (κ1) is 34.6. The van der Waals surface area contributed by atoms with Crippen molar-refractivity contribution in [3.63, 3.8) is 0 Å². The van der Waals surface area contributed by atoms with Gasteiger partial charge >= 0.3 is 0 Å². The van der Waals surface area contributed by atoms with E-state index in [-0.39, 0.29) is 5.41 Å². The van der Waals surface area contributed by atoms with Crippen LogP contribution in [0.1, 0.15) is 71.2 Å². The average molecular weight is 747 g/mol. The Morgan fingerprint density at radius 1 is 0.638 bits per heavy atom. The number of hydrogen-bond acceptors (Lipinski definition) is 2. The van der Waals surface area contributed by atoms with Crippen LogP contribution in [0.3, 0.4) is 0 Å². The molecule has 0 amide bonds. The van der Waals surface area contributed by atoms with E-state index in [0.29, 0.717) is 0 Å². The number of anilines is 5. The van der Waals surface area contributed by atoms with Crippen molar-refractivity contribution in [2.75, 3.05) is 16.3 Å². The Labute approximate surface area is 342 Å². The first-order chi connectivity index (χ1) is 28.4. The fourth-order valence-electron chi connectivity index (χ4n) is 10.2. The van der Waals surface area contributed by atoms with Gasteiger partial charge in [-0.25, -0.2) is 0 Å². The molecule has 280 valence electrons. The molecule has 3 aliphatic carbocycles. The average Bonchev–Trinajstić information content (AvgIpc) is 3.70. The Hall–Kier alpha value is -6.64. The van der Waals surface area contributed by atoms with Gasteiger partial charge in [-0.3, -0.25) is 0 Å². The number of fused-ring (bicyclic) bond motifs is 9. The van der Waals surface area contributed by atoms with E-state index in [2.05, 4.69) is 200 Å². The van der Waals surface area contributed by atoms with Crippen molar-refractivity contribution in [1.82, 2.24) is 0 Å². The van der Waals surface area contributed by atoms with Crippen LogP contribution >= 0.6 is 0 Å². The topological polar surface area (TPSA) is 6.48 Å². The fraction of sp³-hybridized carbons (Fsp3) is 0.143. The zero-order valence-electron chi connectivity index (χ0n) is 33.3. The van der Waals surface area contributed by atoms with Gasteiger partial charge in [0.1, 0.15) is 0 Å². The molecule has 6 aromatic rings. The summed E-state index contributed by atoms with van der Waals surface area (Å²) >= 11 is 0. The number of para-hydroxylation sites is 3. The van der Waals surface area contributed by atoms with E-state index in [1.54, 1.807) is 0 Å². The largest absolute Gasteiger partial charge is 0.341 e. The van der Waals surface area contributed by atoms with Crippen LogP contribution in [0.15, 0.2) is 182 Å². The summed E-state index contributed by atoms with van der Waals surface area (Å²) in [4.78, 5) is 4.96. The Morgan fingerprint density at radius 3 is 2.09 bits per heavy atom. The van der Waals surface area contributed by atoms with E-state index in [1.807, 2.05) is 0 Å². The van der Waals surface area contributed by atoms with E-state index in [4.69, 9.17) is 0 Å². The Balaban J connectivity index is 0.854. The molecule has 0 fully saturated rings.